The summed E-state index contributed by atoms with van der Waals surface area (Å²) in [5.74, 6) is -1.57. The second kappa shape index (κ2) is 10.2. The lowest BCUT2D eigenvalue weighted by Gasteiger charge is -2.07. The quantitative estimate of drug-likeness (QED) is 0.196. The first-order valence-corrected chi connectivity index (χ1v) is 10.3. The molecule has 0 aromatic heterocycles. The summed E-state index contributed by atoms with van der Waals surface area (Å²) < 4.78 is 0. The van der Waals surface area contributed by atoms with Crippen LogP contribution in [0.3, 0.4) is 0 Å². The number of hydrogen-bond acceptors (Lipinski definition) is 9. The number of anilines is 1. The van der Waals surface area contributed by atoms with E-state index in [-0.39, 0.29) is 11.3 Å². The number of fused-ring (bicyclic) bond motifs is 1. The normalized spacial score (nSPS) is 10.8. The summed E-state index contributed by atoms with van der Waals surface area (Å²) in [6.07, 6.45) is 0. The molecule has 12 heteroatoms. The van der Waals surface area contributed by atoms with E-state index in [0.29, 0.717) is 11.3 Å². The molecule has 0 fully saturated rings. The van der Waals surface area contributed by atoms with Gasteiger partial charge in [0.25, 0.3) is 17.3 Å². The van der Waals surface area contributed by atoms with Gasteiger partial charge in [0.2, 0.25) is 0 Å². The highest BCUT2D eigenvalue weighted by Crippen LogP contribution is 2.24. The van der Waals surface area contributed by atoms with Gasteiger partial charge in [0.1, 0.15) is 0 Å². The van der Waals surface area contributed by atoms with Crippen molar-refractivity contribution in [1.82, 2.24) is 0 Å². The summed E-state index contributed by atoms with van der Waals surface area (Å²) in [5.41, 5.74) is 1.98. The number of carbonyl (C=O) groups is 2. The molecule has 4 aromatic rings. The predicted molar refractivity (Wildman–Crippen MR) is 128 cm³/mol. The van der Waals surface area contributed by atoms with E-state index >= 15 is 0 Å². The Kier molecular flexibility index (Phi) is 6.68. The van der Waals surface area contributed by atoms with Crippen molar-refractivity contribution in [2.24, 2.45) is 10.2 Å². The van der Waals surface area contributed by atoms with E-state index < -0.39 is 33.1 Å². The number of non-ortho nitro benzene ring substituents is 2. The fourth-order valence-electron chi connectivity index (χ4n) is 3.17. The van der Waals surface area contributed by atoms with Gasteiger partial charge in [0, 0.05) is 12.1 Å². The molecule has 0 aliphatic carbocycles. The summed E-state index contributed by atoms with van der Waals surface area (Å²) in [4.78, 5) is 49.9. The van der Waals surface area contributed by atoms with E-state index in [4.69, 9.17) is 4.84 Å². The average Bonchev–Trinajstić information content (AvgIpc) is 2.90. The van der Waals surface area contributed by atoms with Crippen LogP contribution in [0.15, 0.2) is 95.2 Å². The van der Waals surface area contributed by atoms with Gasteiger partial charge in [-0.05, 0) is 47.2 Å². The number of hydrogen-bond donors (Lipinski definition) is 1. The molecule has 0 aliphatic heterocycles. The standard InChI is InChI=1S/C24H15N5O7/c30-23(18-12-21(28(32)33)14-22(13-18)29(34)35)26-25-19-7-9-20(10-8-19)27-36-24(31)17-6-5-15-3-1-2-4-16(15)11-17/h1-14,27H. The third kappa shape index (κ3) is 5.51. The molecule has 12 nitrogen and oxygen atoms in total. The molecule has 36 heavy (non-hydrogen) atoms. The van der Waals surface area contributed by atoms with Crippen LogP contribution in [0, 0.1) is 20.2 Å². The molecule has 1 amide bonds. The van der Waals surface area contributed by atoms with Crippen molar-refractivity contribution in [1.29, 1.82) is 0 Å². The van der Waals surface area contributed by atoms with Crippen molar-refractivity contribution in [2.45, 2.75) is 0 Å². The lowest BCUT2D eigenvalue weighted by Crippen LogP contribution is -2.10. The zero-order valence-corrected chi connectivity index (χ0v) is 18.2. The van der Waals surface area contributed by atoms with Crippen molar-refractivity contribution in [3.05, 3.63) is 116 Å². The minimum atomic E-state index is -0.992. The summed E-state index contributed by atoms with van der Waals surface area (Å²) >= 11 is 0. The van der Waals surface area contributed by atoms with Gasteiger partial charge in [0.05, 0.1) is 38.4 Å². The maximum Gasteiger partial charge on any atom is 0.362 e. The first-order chi connectivity index (χ1) is 17.3. The van der Waals surface area contributed by atoms with Gasteiger partial charge < -0.3 is 4.84 Å². The Morgan fingerprint density at radius 2 is 1.39 bits per heavy atom. The average molecular weight is 485 g/mol. The van der Waals surface area contributed by atoms with Crippen molar-refractivity contribution in [3.63, 3.8) is 0 Å². The van der Waals surface area contributed by atoms with Crippen LogP contribution < -0.4 is 5.48 Å². The summed E-state index contributed by atoms with van der Waals surface area (Å²) in [5, 5.41) is 31.0. The predicted octanol–water partition coefficient (Wildman–Crippen LogP) is 5.76. The number of nitrogens with one attached hydrogen (secondary N) is 1. The molecular weight excluding hydrogens is 470 g/mol. The molecular formula is C24H15N5O7. The Hall–Kier alpha value is -5.52. The first kappa shape index (κ1) is 23.6. The zero-order chi connectivity index (χ0) is 25.7. The van der Waals surface area contributed by atoms with E-state index in [0.717, 1.165) is 29.0 Å². The number of rotatable bonds is 7. The largest absolute Gasteiger partial charge is 0.362 e. The summed E-state index contributed by atoms with van der Waals surface area (Å²) in [6, 6.07) is 21.3. The molecule has 0 bridgehead atoms. The van der Waals surface area contributed by atoms with E-state index in [1.807, 2.05) is 30.3 Å². The van der Waals surface area contributed by atoms with Gasteiger partial charge >= 0.3 is 5.97 Å². The number of carbonyl (C=O) groups excluding carboxylic acids is 2. The molecule has 0 atom stereocenters. The molecule has 4 aromatic carbocycles. The highest BCUT2D eigenvalue weighted by molar-refractivity contribution is 5.96. The Bertz CT molecular complexity index is 1500. The Labute approximate surface area is 202 Å². The molecule has 0 heterocycles. The van der Waals surface area contributed by atoms with Gasteiger partial charge in [-0.25, -0.2) is 10.3 Å². The molecule has 0 aliphatic rings. The second-order valence-electron chi connectivity index (χ2n) is 7.36. The molecule has 0 unspecified atom stereocenters. The SMILES string of the molecule is O=C(N=Nc1ccc(NOC(=O)c2ccc3ccccc3c2)cc1)c1cc([N+](=O)[O-])cc([N+](=O)[O-])c1. The van der Waals surface area contributed by atoms with Crippen LogP contribution in [-0.4, -0.2) is 21.7 Å². The number of azo groups is 1. The Morgan fingerprint density at radius 1 is 0.750 bits per heavy atom. The first-order valence-electron chi connectivity index (χ1n) is 10.3. The fourth-order valence-corrected chi connectivity index (χ4v) is 3.17. The smallest absolute Gasteiger partial charge is 0.338 e. The van der Waals surface area contributed by atoms with Gasteiger partial charge in [-0.15, -0.1) is 10.2 Å². The molecule has 0 radical (unpaired) electrons. The zero-order valence-electron chi connectivity index (χ0n) is 18.2. The lowest BCUT2D eigenvalue weighted by molar-refractivity contribution is -0.394. The van der Waals surface area contributed by atoms with Crippen molar-refractivity contribution >= 4 is 45.4 Å². The highest BCUT2D eigenvalue weighted by Gasteiger charge is 2.19. The molecule has 0 saturated heterocycles. The topological polar surface area (TPSA) is 166 Å². The number of amides is 1. The monoisotopic (exact) mass is 485 g/mol. The highest BCUT2D eigenvalue weighted by atomic mass is 16.7. The number of nitro groups is 2. The lowest BCUT2D eigenvalue weighted by atomic mass is 10.1. The van der Waals surface area contributed by atoms with Crippen molar-refractivity contribution in [3.8, 4) is 0 Å². The number of nitrogens with zero attached hydrogens (tertiary/aromatic N) is 4. The minimum Gasteiger partial charge on any atom is -0.338 e. The fraction of sp³-hybridized carbons (Fsp3) is 0. The van der Waals surface area contributed by atoms with Crippen LogP contribution >= 0.6 is 0 Å². The van der Waals surface area contributed by atoms with Crippen LogP contribution in [0.2, 0.25) is 0 Å². The van der Waals surface area contributed by atoms with Crippen LogP contribution in [0.1, 0.15) is 20.7 Å². The third-order valence-corrected chi connectivity index (χ3v) is 4.94. The maximum atomic E-state index is 12.3. The number of nitro benzene ring substituents is 2. The Morgan fingerprint density at radius 3 is 2.03 bits per heavy atom. The molecule has 178 valence electrons. The second-order valence-corrected chi connectivity index (χ2v) is 7.36. The van der Waals surface area contributed by atoms with Crippen molar-refractivity contribution in [2.75, 3.05) is 5.48 Å². The van der Waals surface area contributed by atoms with Crippen LogP contribution in [0.4, 0.5) is 22.7 Å². The number of benzene rings is 4. The Balaban J connectivity index is 1.39. The van der Waals surface area contributed by atoms with Crippen LogP contribution in [-0.2, 0) is 4.84 Å². The minimum absolute atomic E-state index is 0.245. The van der Waals surface area contributed by atoms with Crippen molar-refractivity contribution < 1.29 is 24.3 Å². The van der Waals surface area contributed by atoms with Gasteiger partial charge in [0.15, 0.2) is 0 Å². The maximum absolute atomic E-state index is 12.3. The van der Waals surface area contributed by atoms with Crippen LogP contribution in [0.25, 0.3) is 10.8 Å². The molecule has 0 saturated carbocycles. The van der Waals surface area contributed by atoms with Gasteiger partial charge in [-0.2, -0.15) is 0 Å². The van der Waals surface area contributed by atoms with E-state index in [1.165, 1.54) is 24.3 Å². The summed E-state index contributed by atoms with van der Waals surface area (Å²) in [6.45, 7) is 0. The van der Waals surface area contributed by atoms with E-state index in [9.17, 15) is 29.8 Å². The molecule has 1 N–H and O–H groups in total. The molecule has 0 spiro atoms. The van der Waals surface area contributed by atoms with Gasteiger partial charge in [-0.1, -0.05) is 30.3 Å². The van der Waals surface area contributed by atoms with E-state index in [1.54, 1.807) is 12.1 Å². The molecule has 4 rings (SSSR count). The van der Waals surface area contributed by atoms with E-state index in [2.05, 4.69) is 15.7 Å². The third-order valence-electron chi connectivity index (χ3n) is 4.94. The van der Waals surface area contributed by atoms with Gasteiger partial charge in [-0.3, -0.25) is 25.0 Å². The van der Waals surface area contributed by atoms with Crippen LogP contribution in [0.5, 0.6) is 0 Å². The summed E-state index contributed by atoms with van der Waals surface area (Å²) in [7, 11) is 0.